The molecular weight excluding hydrogens is 806 g/mol. The standard InChI is InChI=1S/C44H50ClN7O7S/c45-34-7-5-32(6-8-34)40-4-2-1-3-19-51(40)29-31-14-20-50(21-15-31)35-9-11-38(42(25-35)59-36-24-33-13-18-46-43(33)48-28-36)44(53)49-60(56,57)37-10-12-39(41(26-37)52(54)55)47-27-30-16-22-58-23-17-30/h5-13,18,24-26,28,30-31,40,47H,1-4,14-17,19-23,27,29H2,(H,46,48)(H,49,53). The van der Waals surface area contributed by atoms with Crippen LogP contribution in [0.15, 0.2) is 90.1 Å². The molecule has 3 saturated heterocycles. The molecule has 3 fully saturated rings. The number of ether oxygens (including phenoxy) is 2. The first-order chi connectivity index (χ1) is 29.1. The Kier molecular flexibility index (Phi) is 12.9. The SMILES string of the molecule is O=C(NS(=O)(=O)c1ccc(NCC2CCOCC2)c([N+](=O)[O-])c1)c1ccc(N2CCC(CN3CCCCCC3c3ccc(Cl)cc3)CC2)cc1Oc1cnc2[nH]ccc2c1. The lowest BCUT2D eigenvalue weighted by Crippen LogP contribution is -2.40. The van der Waals surface area contributed by atoms with E-state index in [1.807, 2.05) is 18.2 Å². The number of sulfonamides is 1. The third kappa shape index (κ3) is 9.86. The summed E-state index contributed by atoms with van der Waals surface area (Å²) in [5, 5.41) is 16.7. The maximum atomic E-state index is 13.9. The number of aromatic nitrogens is 2. The Morgan fingerprint density at radius 3 is 2.52 bits per heavy atom. The first-order valence-electron chi connectivity index (χ1n) is 20.8. The first kappa shape index (κ1) is 41.5. The molecule has 5 heterocycles. The molecule has 3 aromatic carbocycles. The number of fused-ring (bicyclic) bond motifs is 1. The van der Waals surface area contributed by atoms with Crippen molar-refractivity contribution >= 4 is 55.6 Å². The minimum absolute atomic E-state index is 0.0231. The number of nitrogens with zero attached hydrogens (tertiary/aromatic N) is 4. The van der Waals surface area contributed by atoms with Crippen molar-refractivity contribution in [2.75, 3.05) is 56.2 Å². The molecule has 60 heavy (non-hydrogen) atoms. The number of benzene rings is 3. The number of rotatable bonds is 13. The Morgan fingerprint density at radius 2 is 1.73 bits per heavy atom. The van der Waals surface area contributed by atoms with E-state index in [1.165, 1.54) is 43.2 Å². The molecule has 1 amide bonds. The van der Waals surface area contributed by atoms with Crippen molar-refractivity contribution in [1.82, 2.24) is 19.6 Å². The van der Waals surface area contributed by atoms with Crippen molar-refractivity contribution < 1.29 is 27.6 Å². The summed E-state index contributed by atoms with van der Waals surface area (Å²) < 4.78 is 41.2. The smallest absolute Gasteiger partial charge is 0.293 e. The van der Waals surface area contributed by atoms with Gasteiger partial charge >= 0.3 is 0 Å². The van der Waals surface area contributed by atoms with E-state index in [0.717, 1.165) is 80.4 Å². The lowest BCUT2D eigenvalue weighted by molar-refractivity contribution is -0.384. The predicted octanol–water partition coefficient (Wildman–Crippen LogP) is 8.71. The average Bonchev–Trinajstić information content (AvgIpc) is 3.61. The summed E-state index contributed by atoms with van der Waals surface area (Å²) in [5.74, 6) is 0.366. The van der Waals surface area contributed by atoms with Gasteiger partial charge in [0, 0.05) is 79.9 Å². The quantitative estimate of drug-likeness (QED) is 0.0764. The summed E-state index contributed by atoms with van der Waals surface area (Å²) in [6.07, 6.45) is 11.7. The number of nitro benzene ring substituents is 1. The molecule has 3 aliphatic heterocycles. The third-order valence-electron chi connectivity index (χ3n) is 12.0. The summed E-state index contributed by atoms with van der Waals surface area (Å²) in [6.45, 7) is 5.46. The highest BCUT2D eigenvalue weighted by atomic mass is 35.5. The second-order valence-corrected chi connectivity index (χ2v) is 18.1. The Balaban J connectivity index is 0.988. The number of aromatic amines is 1. The average molecular weight is 856 g/mol. The van der Waals surface area contributed by atoms with Crippen molar-refractivity contribution in [3.8, 4) is 11.5 Å². The first-order valence-corrected chi connectivity index (χ1v) is 22.6. The molecule has 2 aromatic heterocycles. The summed E-state index contributed by atoms with van der Waals surface area (Å²) in [4.78, 5) is 37.3. The van der Waals surface area contributed by atoms with Crippen LogP contribution in [-0.4, -0.2) is 80.1 Å². The van der Waals surface area contributed by atoms with E-state index in [0.29, 0.717) is 43.1 Å². The Morgan fingerprint density at radius 1 is 0.933 bits per heavy atom. The highest BCUT2D eigenvalue weighted by Crippen LogP contribution is 2.36. The Bertz CT molecular complexity index is 2420. The molecular formula is C44H50ClN7O7S. The Labute approximate surface area is 354 Å². The topological polar surface area (TPSA) is 172 Å². The van der Waals surface area contributed by atoms with E-state index in [-0.39, 0.29) is 22.9 Å². The fourth-order valence-corrected chi connectivity index (χ4v) is 9.77. The van der Waals surface area contributed by atoms with Gasteiger partial charge in [-0.2, -0.15) is 0 Å². The number of likely N-dealkylation sites (tertiary alicyclic amines) is 1. The number of H-pyrrole nitrogens is 1. The zero-order valence-electron chi connectivity index (χ0n) is 33.4. The van der Waals surface area contributed by atoms with Crippen molar-refractivity contribution in [1.29, 1.82) is 0 Å². The van der Waals surface area contributed by atoms with Crippen LogP contribution in [0.1, 0.15) is 73.3 Å². The van der Waals surface area contributed by atoms with E-state index in [1.54, 1.807) is 30.5 Å². The number of hydrogen-bond donors (Lipinski definition) is 3. The van der Waals surface area contributed by atoms with Crippen molar-refractivity contribution in [3.05, 3.63) is 111 Å². The number of carbonyl (C=O) groups excluding carboxylic acids is 1. The molecule has 0 saturated carbocycles. The molecule has 0 radical (unpaired) electrons. The largest absolute Gasteiger partial charge is 0.455 e. The van der Waals surface area contributed by atoms with Gasteiger partial charge in [-0.05, 0) is 111 Å². The summed E-state index contributed by atoms with van der Waals surface area (Å²) >= 11 is 6.23. The number of anilines is 2. The second kappa shape index (κ2) is 18.6. The number of amides is 1. The highest BCUT2D eigenvalue weighted by Gasteiger charge is 2.30. The highest BCUT2D eigenvalue weighted by molar-refractivity contribution is 7.90. The van der Waals surface area contributed by atoms with Crippen LogP contribution in [0.5, 0.6) is 11.5 Å². The van der Waals surface area contributed by atoms with Crippen LogP contribution in [0.2, 0.25) is 5.02 Å². The van der Waals surface area contributed by atoms with Gasteiger partial charge in [-0.25, -0.2) is 18.1 Å². The van der Waals surface area contributed by atoms with Crippen LogP contribution in [0, 0.1) is 22.0 Å². The van der Waals surface area contributed by atoms with Gasteiger partial charge in [0.15, 0.2) is 0 Å². The maximum Gasteiger partial charge on any atom is 0.293 e. The molecule has 5 aromatic rings. The van der Waals surface area contributed by atoms with Gasteiger partial charge in [0.05, 0.1) is 21.6 Å². The number of hydrogen-bond acceptors (Lipinski definition) is 11. The van der Waals surface area contributed by atoms with Gasteiger partial charge in [-0.1, -0.05) is 36.6 Å². The monoisotopic (exact) mass is 855 g/mol. The van der Waals surface area contributed by atoms with Gasteiger partial charge in [0.25, 0.3) is 21.6 Å². The molecule has 0 bridgehead atoms. The van der Waals surface area contributed by atoms with Gasteiger partial charge in [0.2, 0.25) is 0 Å². The van der Waals surface area contributed by atoms with E-state index < -0.39 is 31.4 Å². The zero-order chi connectivity index (χ0) is 41.6. The molecule has 3 aliphatic rings. The van der Waals surface area contributed by atoms with Gasteiger partial charge in [-0.3, -0.25) is 19.8 Å². The van der Waals surface area contributed by atoms with Gasteiger partial charge < -0.3 is 24.7 Å². The number of pyridine rings is 1. The predicted molar refractivity (Wildman–Crippen MR) is 232 cm³/mol. The zero-order valence-corrected chi connectivity index (χ0v) is 34.9. The molecule has 8 rings (SSSR count). The molecule has 3 N–H and O–H groups in total. The van der Waals surface area contributed by atoms with E-state index in [4.69, 9.17) is 21.1 Å². The van der Waals surface area contributed by atoms with Crippen LogP contribution in [-0.2, 0) is 14.8 Å². The normalized spacial score (nSPS) is 18.6. The number of halogens is 1. The molecule has 14 nitrogen and oxygen atoms in total. The van der Waals surface area contributed by atoms with Crippen molar-refractivity contribution in [3.63, 3.8) is 0 Å². The van der Waals surface area contributed by atoms with Crippen LogP contribution < -0.4 is 19.7 Å². The number of nitrogens with one attached hydrogen (secondary N) is 3. The summed E-state index contributed by atoms with van der Waals surface area (Å²) in [6, 6.07) is 21.0. The van der Waals surface area contributed by atoms with Crippen LogP contribution >= 0.6 is 11.6 Å². The minimum atomic E-state index is -4.54. The molecule has 16 heteroatoms. The maximum absolute atomic E-state index is 13.9. The van der Waals surface area contributed by atoms with E-state index in [2.05, 4.69) is 41.9 Å². The van der Waals surface area contributed by atoms with E-state index >= 15 is 0 Å². The Hall–Kier alpha value is -5.22. The van der Waals surface area contributed by atoms with Crippen LogP contribution in [0.4, 0.5) is 17.1 Å². The molecule has 1 unspecified atom stereocenters. The van der Waals surface area contributed by atoms with Crippen molar-refractivity contribution in [2.24, 2.45) is 11.8 Å². The fourth-order valence-electron chi connectivity index (χ4n) is 8.66. The van der Waals surface area contributed by atoms with Crippen molar-refractivity contribution in [2.45, 2.75) is 62.3 Å². The van der Waals surface area contributed by atoms with Gasteiger partial charge in [0.1, 0.15) is 22.8 Å². The molecule has 1 atom stereocenters. The van der Waals surface area contributed by atoms with Crippen LogP contribution in [0.3, 0.4) is 0 Å². The van der Waals surface area contributed by atoms with E-state index in [9.17, 15) is 23.3 Å². The van der Waals surface area contributed by atoms with Crippen LogP contribution in [0.25, 0.3) is 11.0 Å². The third-order valence-corrected chi connectivity index (χ3v) is 13.6. The lowest BCUT2D eigenvalue weighted by Gasteiger charge is -2.38. The second-order valence-electron chi connectivity index (χ2n) is 16.0. The molecule has 316 valence electrons. The number of carbonyl (C=O) groups is 1. The minimum Gasteiger partial charge on any atom is -0.455 e. The van der Waals surface area contributed by atoms with Gasteiger partial charge in [-0.15, -0.1) is 0 Å². The fraction of sp³-hybridized carbons (Fsp3) is 0.409. The lowest BCUT2D eigenvalue weighted by atomic mass is 9.93. The summed E-state index contributed by atoms with van der Waals surface area (Å²) in [7, 11) is -4.54. The molecule has 0 aliphatic carbocycles. The summed E-state index contributed by atoms with van der Waals surface area (Å²) in [5.41, 5.74) is 2.60. The molecule has 0 spiro atoms. The number of piperidine rings is 1. The number of nitro groups is 1.